The van der Waals surface area contributed by atoms with Crippen LogP contribution in [0.3, 0.4) is 0 Å². The summed E-state index contributed by atoms with van der Waals surface area (Å²) in [5.41, 5.74) is 0.0590. The van der Waals surface area contributed by atoms with Gasteiger partial charge in [-0.05, 0) is 12.1 Å². The van der Waals surface area contributed by atoms with E-state index in [-0.39, 0.29) is 17.9 Å². The largest absolute Gasteiger partial charge is 0.495 e. The van der Waals surface area contributed by atoms with Gasteiger partial charge in [-0.15, -0.1) is 0 Å². The van der Waals surface area contributed by atoms with E-state index in [4.69, 9.17) is 10.6 Å². The number of rotatable bonds is 4. The monoisotopic (exact) mass is 249 g/mol. The van der Waals surface area contributed by atoms with Crippen molar-refractivity contribution < 1.29 is 22.4 Å². The molecule has 0 amide bonds. The van der Waals surface area contributed by atoms with E-state index in [0.29, 0.717) is 0 Å². The first-order valence-electron chi connectivity index (χ1n) is 4.29. The fourth-order valence-corrected chi connectivity index (χ4v) is 2.26. The molecule has 7 heteroatoms. The van der Waals surface area contributed by atoms with Crippen LogP contribution in [0.2, 0.25) is 0 Å². The van der Waals surface area contributed by atoms with Gasteiger partial charge in [0.15, 0.2) is 15.7 Å². The SMILES string of the molecule is COc1ccc(CON)c(F)c1S(C)(=O)=O. The Bertz CT molecular complexity index is 487. The highest BCUT2D eigenvalue weighted by Crippen LogP contribution is 2.28. The summed E-state index contributed by atoms with van der Waals surface area (Å²) in [6.07, 6.45) is 0.904. The molecule has 5 nitrogen and oxygen atoms in total. The molecule has 0 unspecified atom stereocenters. The van der Waals surface area contributed by atoms with Crippen LogP contribution in [0.15, 0.2) is 17.0 Å². The highest BCUT2D eigenvalue weighted by Gasteiger charge is 2.22. The summed E-state index contributed by atoms with van der Waals surface area (Å²) in [6.45, 7) is -0.210. The van der Waals surface area contributed by atoms with Crippen LogP contribution in [0.4, 0.5) is 4.39 Å². The standard InChI is InChI=1S/C9H12FNO4S/c1-14-7-4-3-6(5-15-11)8(10)9(7)16(2,12)13/h3-4H,5,11H2,1-2H3. The van der Waals surface area contributed by atoms with Gasteiger partial charge in [-0.2, -0.15) is 0 Å². The second-order valence-corrected chi connectivity index (χ2v) is 5.11. The molecule has 16 heavy (non-hydrogen) atoms. The molecule has 1 aromatic carbocycles. The summed E-state index contributed by atoms with van der Waals surface area (Å²) in [5, 5.41) is 0. The highest BCUT2D eigenvalue weighted by atomic mass is 32.2. The number of nitrogens with two attached hydrogens (primary N) is 1. The minimum absolute atomic E-state index is 0.0410. The zero-order valence-corrected chi connectivity index (χ0v) is 9.67. The van der Waals surface area contributed by atoms with Crippen LogP contribution in [-0.2, 0) is 21.3 Å². The maximum Gasteiger partial charge on any atom is 0.182 e. The molecule has 0 aliphatic heterocycles. The summed E-state index contributed by atoms with van der Waals surface area (Å²) in [4.78, 5) is 3.79. The fraction of sp³-hybridized carbons (Fsp3) is 0.333. The van der Waals surface area contributed by atoms with Crippen molar-refractivity contribution >= 4 is 9.84 Å². The van der Waals surface area contributed by atoms with E-state index in [0.717, 1.165) is 6.26 Å². The number of ether oxygens (including phenoxy) is 1. The van der Waals surface area contributed by atoms with Crippen LogP contribution in [0.1, 0.15) is 5.56 Å². The number of halogens is 1. The molecule has 0 spiro atoms. The Morgan fingerprint density at radius 1 is 1.44 bits per heavy atom. The molecule has 1 aromatic rings. The van der Waals surface area contributed by atoms with Crippen LogP contribution in [0.5, 0.6) is 5.75 Å². The zero-order valence-electron chi connectivity index (χ0n) is 8.86. The van der Waals surface area contributed by atoms with Crippen LogP contribution >= 0.6 is 0 Å². The summed E-state index contributed by atoms with van der Waals surface area (Å²) >= 11 is 0. The van der Waals surface area contributed by atoms with Gasteiger partial charge in [-0.25, -0.2) is 18.7 Å². The van der Waals surface area contributed by atoms with E-state index < -0.39 is 20.5 Å². The topological polar surface area (TPSA) is 78.6 Å². The first kappa shape index (κ1) is 12.9. The van der Waals surface area contributed by atoms with Crippen molar-refractivity contribution in [3.63, 3.8) is 0 Å². The molecule has 0 bridgehead atoms. The molecule has 0 aliphatic rings. The third-order valence-electron chi connectivity index (χ3n) is 1.97. The number of benzene rings is 1. The summed E-state index contributed by atoms with van der Waals surface area (Å²) < 4.78 is 41.4. The van der Waals surface area contributed by atoms with Crippen molar-refractivity contribution in [2.45, 2.75) is 11.5 Å². The maximum atomic E-state index is 13.8. The Hall–Kier alpha value is -1.18. The normalized spacial score (nSPS) is 11.5. The van der Waals surface area contributed by atoms with Gasteiger partial charge >= 0.3 is 0 Å². The predicted octanol–water partition coefficient (Wildman–Crippen LogP) is 0.628. The predicted molar refractivity (Wildman–Crippen MR) is 55.0 cm³/mol. The van der Waals surface area contributed by atoms with Gasteiger partial charge in [0.05, 0.1) is 13.7 Å². The third-order valence-corrected chi connectivity index (χ3v) is 3.09. The first-order valence-corrected chi connectivity index (χ1v) is 6.18. The Morgan fingerprint density at radius 2 is 2.06 bits per heavy atom. The maximum absolute atomic E-state index is 13.8. The van der Waals surface area contributed by atoms with Crippen molar-refractivity contribution in [3.05, 3.63) is 23.5 Å². The lowest BCUT2D eigenvalue weighted by Gasteiger charge is -2.10. The first-order chi connectivity index (χ1) is 7.41. The fourth-order valence-electron chi connectivity index (χ4n) is 1.29. The second kappa shape index (κ2) is 4.77. The van der Waals surface area contributed by atoms with Crippen molar-refractivity contribution in [1.29, 1.82) is 0 Å². The van der Waals surface area contributed by atoms with Crippen LogP contribution < -0.4 is 10.6 Å². The minimum Gasteiger partial charge on any atom is -0.495 e. The molecular weight excluding hydrogens is 237 g/mol. The average Bonchev–Trinajstić information content (AvgIpc) is 2.19. The Morgan fingerprint density at radius 3 is 2.50 bits per heavy atom. The van der Waals surface area contributed by atoms with Gasteiger partial charge in [-0.3, -0.25) is 4.84 Å². The van der Waals surface area contributed by atoms with E-state index in [1.165, 1.54) is 19.2 Å². The van der Waals surface area contributed by atoms with Crippen LogP contribution in [0.25, 0.3) is 0 Å². The van der Waals surface area contributed by atoms with E-state index in [1.54, 1.807) is 0 Å². The smallest absolute Gasteiger partial charge is 0.182 e. The van der Waals surface area contributed by atoms with Gasteiger partial charge in [0.2, 0.25) is 0 Å². The van der Waals surface area contributed by atoms with E-state index in [1.807, 2.05) is 0 Å². The number of sulfone groups is 1. The van der Waals surface area contributed by atoms with Gasteiger partial charge < -0.3 is 4.74 Å². The lowest BCUT2D eigenvalue weighted by Crippen LogP contribution is -2.08. The van der Waals surface area contributed by atoms with Gasteiger partial charge in [0, 0.05) is 11.8 Å². The second-order valence-electron chi connectivity index (χ2n) is 3.15. The third kappa shape index (κ3) is 2.49. The van der Waals surface area contributed by atoms with E-state index in [2.05, 4.69) is 4.84 Å². The molecule has 1 rings (SSSR count). The number of methoxy groups -OCH3 is 1. The van der Waals surface area contributed by atoms with E-state index >= 15 is 0 Å². The van der Waals surface area contributed by atoms with Crippen molar-refractivity contribution in [2.24, 2.45) is 5.90 Å². The Labute approximate surface area is 92.8 Å². The summed E-state index contributed by atoms with van der Waals surface area (Å²) in [5.74, 6) is 3.87. The Balaban J connectivity index is 3.47. The molecule has 0 saturated carbocycles. The van der Waals surface area contributed by atoms with Crippen molar-refractivity contribution in [3.8, 4) is 5.75 Å². The summed E-state index contributed by atoms with van der Waals surface area (Å²) in [6, 6.07) is 2.71. The van der Waals surface area contributed by atoms with Gasteiger partial charge in [0.1, 0.15) is 10.6 Å². The van der Waals surface area contributed by atoms with Gasteiger partial charge in [0.25, 0.3) is 0 Å². The number of hydrogen-bond acceptors (Lipinski definition) is 5. The lowest BCUT2D eigenvalue weighted by molar-refractivity contribution is 0.121. The van der Waals surface area contributed by atoms with Crippen LogP contribution in [0, 0.1) is 5.82 Å². The average molecular weight is 249 g/mol. The summed E-state index contributed by atoms with van der Waals surface area (Å²) in [7, 11) is -2.45. The molecule has 0 fully saturated rings. The molecule has 90 valence electrons. The van der Waals surface area contributed by atoms with Crippen LogP contribution in [-0.4, -0.2) is 21.8 Å². The van der Waals surface area contributed by atoms with Crippen molar-refractivity contribution in [1.82, 2.24) is 0 Å². The lowest BCUT2D eigenvalue weighted by atomic mass is 10.2. The molecular formula is C9H12FNO4S. The molecule has 2 N–H and O–H groups in total. The number of hydrogen-bond donors (Lipinski definition) is 1. The molecule has 0 radical (unpaired) electrons. The van der Waals surface area contributed by atoms with Gasteiger partial charge in [-0.1, -0.05) is 0 Å². The van der Waals surface area contributed by atoms with E-state index in [9.17, 15) is 12.8 Å². The Kier molecular flexibility index (Phi) is 3.84. The molecule has 0 atom stereocenters. The molecule has 0 aromatic heterocycles. The highest BCUT2D eigenvalue weighted by molar-refractivity contribution is 7.90. The minimum atomic E-state index is -3.71. The molecule has 0 heterocycles. The molecule has 0 saturated heterocycles. The zero-order chi connectivity index (χ0) is 12.3. The quantitative estimate of drug-likeness (QED) is 0.792. The molecule has 0 aliphatic carbocycles. The van der Waals surface area contributed by atoms with Crippen molar-refractivity contribution in [2.75, 3.05) is 13.4 Å².